The van der Waals surface area contributed by atoms with Gasteiger partial charge in [-0.15, -0.1) is 5.10 Å². The molecule has 30 heavy (non-hydrogen) atoms. The molecular formula is C20H21N5O3S2. The summed E-state index contributed by atoms with van der Waals surface area (Å²) in [4.78, 5) is 16.9. The van der Waals surface area contributed by atoms with Gasteiger partial charge in [0.25, 0.3) is 0 Å². The summed E-state index contributed by atoms with van der Waals surface area (Å²) in [5.41, 5.74) is 1.36. The van der Waals surface area contributed by atoms with E-state index in [1.54, 1.807) is 18.2 Å². The van der Waals surface area contributed by atoms with E-state index in [0.29, 0.717) is 29.8 Å². The van der Waals surface area contributed by atoms with Crippen molar-refractivity contribution in [3.8, 4) is 11.4 Å². The number of carbonyl (C=O) groups excluding carboxylic acids is 1. The fourth-order valence-electron chi connectivity index (χ4n) is 3.18. The highest BCUT2D eigenvalue weighted by molar-refractivity contribution is 7.99. The second-order valence-corrected chi connectivity index (χ2v) is 9.69. The molecule has 0 spiro atoms. The summed E-state index contributed by atoms with van der Waals surface area (Å²) in [6.07, 6.45) is 1.75. The van der Waals surface area contributed by atoms with E-state index in [9.17, 15) is 13.2 Å². The Morgan fingerprint density at radius 3 is 2.63 bits per heavy atom. The maximum absolute atomic E-state index is 12.7. The second-order valence-electron chi connectivity index (χ2n) is 6.81. The fraction of sp³-hybridized carbons (Fsp3) is 0.250. The molecule has 0 bridgehead atoms. The van der Waals surface area contributed by atoms with Gasteiger partial charge in [0.2, 0.25) is 21.1 Å². The molecule has 2 N–H and O–H groups in total. The van der Waals surface area contributed by atoms with Crippen LogP contribution in [-0.4, -0.2) is 52.7 Å². The predicted octanol–water partition coefficient (Wildman–Crippen LogP) is 2.99. The topological polar surface area (TPSA) is 108 Å². The third-order valence-corrected chi connectivity index (χ3v) is 7.41. The number of rotatable bonds is 7. The molecule has 10 heteroatoms. The van der Waals surface area contributed by atoms with Crippen molar-refractivity contribution in [2.75, 3.05) is 24.2 Å². The highest BCUT2D eigenvalue weighted by Crippen LogP contribution is 2.24. The van der Waals surface area contributed by atoms with E-state index in [0.717, 1.165) is 18.4 Å². The van der Waals surface area contributed by atoms with Crippen molar-refractivity contribution in [2.24, 2.45) is 0 Å². The van der Waals surface area contributed by atoms with Gasteiger partial charge in [0, 0.05) is 24.3 Å². The van der Waals surface area contributed by atoms with E-state index in [1.807, 2.05) is 30.3 Å². The first-order chi connectivity index (χ1) is 14.5. The molecule has 1 aromatic heterocycles. The molecule has 2 heterocycles. The van der Waals surface area contributed by atoms with Crippen LogP contribution in [0.1, 0.15) is 12.8 Å². The number of aromatic amines is 1. The van der Waals surface area contributed by atoms with Gasteiger partial charge in [-0.1, -0.05) is 48.2 Å². The van der Waals surface area contributed by atoms with E-state index in [2.05, 4.69) is 20.5 Å². The van der Waals surface area contributed by atoms with E-state index < -0.39 is 10.0 Å². The maximum atomic E-state index is 12.7. The average molecular weight is 444 g/mol. The Labute approximate surface area is 179 Å². The number of aromatic nitrogens is 3. The van der Waals surface area contributed by atoms with Crippen LogP contribution >= 0.6 is 11.8 Å². The van der Waals surface area contributed by atoms with Crippen LogP contribution in [0.5, 0.6) is 0 Å². The summed E-state index contributed by atoms with van der Waals surface area (Å²) >= 11 is 1.20. The number of hydrogen-bond acceptors (Lipinski definition) is 6. The van der Waals surface area contributed by atoms with Crippen LogP contribution in [0, 0.1) is 0 Å². The van der Waals surface area contributed by atoms with E-state index in [1.165, 1.54) is 22.1 Å². The number of benzene rings is 2. The maximum Gasteiger partial charge on any atom is 0.243 e. The molecule has 0 radical (unpaired) electrons. The molecule has 2 aromatic carbocycles. The molecule has 3 aromatic rings. The minimum absolute atomic E-state index is 0.106. The Kier molecular flexibility index (Phi) is 6.16. The van der Waals surface area contributed by atoms with Crippen LogP contribution in [-0.2, 0) is 14.8 Å². The Morgan fingerprint density at radius 2 is 1.87 bits per heavy atom. The third kappa shape index (κ3) is 4.72. The smallest absolute Gasteiger partial charge is 0.243 e. The monoisotopic (exact) mass is 443 g/mol. The summed E-state index contributed by atoms with van der Waals surface area (Å²) < 4.78 is 26.9. The fourth-order valence-corrected chi connectivity index (χ4v) is 5.34. The van der Waals surface area contributed by atoms with Crippen LogP contribution in [0.3, 0.4) is 0 Å². The Bertz CT molecular complexity index is 1130. The molecule has 1 fully saturated rings. The van der Waals surface area contributed by atoms with Crippen molar-refractivity contribution in [1.82, 2.24) is 19.5 Å². The number of amides is 1. The largest absolute Gasteiger partial charge is 0.325 e. The zero-order chi connectivity index (χ0) is 21.0. The van der Waals surface area contributed by atoms with E-state index in [4.69, 9.17) is 0 Å². The summed E-state index contributed by atoms with van der Waals surface area (Å²) in [5, 5.41) is 10.2. The van der Waals surface area contributed by atoms with Gasteiger partial charge < -0.3 is 5.32 Å². The van der Waals surface area contributed by atoms with Gasteiger partial charge >= 0.3 is 0 Å². The van der Waals surface area contributed by atoms with Crippen molar-refractivity contribution in [1.29, 1.82) is 0 Å². The first-order valence-electron chi connectivity index (χ1n) is 9.53. The minimum atomic E-state index is -3.52. The Hall–Kier alpha value is -2.69. The molecular weight excluding hydrogens is 422 g/mol. The van der Waals surface area contributed by atoms with Crippen molar-refractivity contribution >= 4 is 33.4 Å². The lowest BCUT2D eigenvalue weighted by atomic mass is 10.2. The highest BCUT2D eigenvalue weighted by atomic mass is 32.2. The number of nitrogens with zero attached hydrogens (tertiary/aromatic N) is 3. The lowest BCUT2D eigenvalue weighted by Crippen LogP contribution is -2.28. The summed E-state index contributed by atoms with van der Waals surface area (Å²) in [6, 6.07) is 15.9. The minimum Gasteiger partial charge on any atom is -0.325 e. The van der Waals surface area contributed by atoms with E-state index >= 15 is 0 Å². The molecule has 1 aliphatic rings. The number of carbonyl (C=O) groups is 1. The lowest BCUT2D eigenvalue weighted by Gasteiger charge is -2.16. The molecule has 0 saturated carbocycles. The summed E-state index contributed by atoms with van der Waals surface area (Å²) in [7, 11) is -3.52. The third-order valence-electron chi connectivity index (χ3n) is 4.67. The summed E-state index contributed by atoms with van der Waals surface area (Å²) in [6.45, 7) is 1.08. The molecule has 0 atom stereocenters. The quantitative estimate of drug-likeness (QED) is 0.544. The molecule has 8 nitrogen and oxygen atoms in total. The van der Waals surface area contributed by atoms with Crippen LogP contribution in [0.15, 0.2) is 64.6 Å². The second kappa shape index (κ2) is 8.99. The van der Waals surface area contributed by atoms with Crippen LogP contribution < -0.4 is 5.32 Å². The van der Waals surface area contributed by atoms with Crippen LogP contribution in [0.25, 0.3) is 11.4 Å². The normalized spacial score (nSPS) is 14.7. The standard InChI is InChI=1S/C20H21N5O3S2/c26-18(14-29-20-22-19(23-24-20)15-7-2-1-3-8-15)21-16-9-6-10-17(13-16)30(27,28)25-11-4-5-12-25/h1-3,6-10,13H,4-5,11-12,14H2,(H,21,26)(H,22,23,24). The number of anilines is 1. The van der Waals surface area contributed by atoms with Gasteiger partial charge in [-0.05, 0) is 31.0 Å². The SMILES string of the molecule is O=C(CSc1n[nH]c(-c2ccccc2)n1)Nc1cccc(S(=O)(=O)N2CCCC2)c1. The zero-order valence-electron chi connectivity index (χ0n) is 16.1. The molecule has 156 valence electrons. The van der Waals surface area contributed by atoms with Crippen LogP contribution in [0.2, 0.25) is 0 Å². The Morgan fingerprint density at radius 1 is 1.10 bits per heavy atom. The molecule has 1 amide bonds. The van der Waals surface area contributed by atoms with Crippen molar-refractivity contribution in [2.45, 2.75) is 22.9 Å². The van der Waals surface area contributed by atoms with Gasteiger partial charge in [-0.3, -0.25) is 9.89 Å². The average Bonchev–Trinajstić information content (AvgIpc) is 3.46. The number of hydrogen-bond donors (Lipinski definition) is 2. The zero-order valence-corrected chi connectivity index (χ0v) is 17.7. The van der Waals surface area contributed by atoms with Crippen molar-refractivity contribution in [3.05, 3.63) is 54.6 Å². The molecule has 1 aliphatic heterocycles. The first kappa shape index (κ1) is 20.6. The van der Waals surface area contributed by atoms with Gasteiger partial charge in [0.1, 0.15) is 0 Å². The van der Waals surface area contributed by atoms with Crippen molar-refractivity contribution < 1.29 is 13.2 Å². The van der Waals surface area contributed by atoms with Gasteiger partial charge in [-0.25, -0.2) is 13.4 Å². The summed E-state index contributed by atoms with van der Waals surface area (Å²) in [5.74, 6) is 0.481. The highest BCUT2D eigenvalue weighted by Gasteiger charge is 2.27. The lowest BCUT2D eigenvalue weighted by molar-refractivity contribution is -0.113. The Balaban J connectivity index is 1.36. The van der Waals surface area contributed by atoms with Gasteiger partial charge in [0.05, 0.1) is 10.6 Å². The first-order valence-corrected chi connectivity index (χ1v) is 12.0. The molecule has 0 aliphatic carbocycles. The predicted molar refractivity (Wildman–Crippen MR) is 116 cm³/mol. The van der Waals surface area contributed by atoms with Gasteiger partial charge in [-0.2, -0.15) is 4.31 Å². The molecule has 4 rings (SSSR count). The number of sulfonamides is 1. The van der Waals surface area contributed by atoms with Gasteiger partial charge in [0.15, 0.2) is 5.82 Å². The molecule has 1 saturated heterocycles. The molecule has 0 unspecified atom stereocenters. The number of nitrogens with one attached hydrogen (secondary N) is 2. The van der Waals surface area contributed by atoms with Crippen molar-refractivity contribution in [3.63, 3.8) is 0 Å². The number of H-pyrrole nitrogens is 1. The van der Waals surface area contributed by atoms with E-state index in [-0.39, 0.29) is 16.6 Å². The number of thioether (sulfide) groups is 1. The van der Waals surface area contributed by atoms with Crippen LogP contribution in [0.4, 0.5) is 5.69 Å².